The Kier molecular flexibility index (Phi) is 5.91. The molecule has 1 saturated heterocycles. The Morgan fingerprint density at radius 3 is 3.24 bits per heavy atom. The first-order valence-corrected chi connectivity index (χ1v) is 7.25. The number of carbonyl (C=O) groups is 1. The average Bonchev–Trinajstić information content (AvgIpc) is 2.53. The van der Waals surface area contributed by atoms with Crippen molar-refractivity contribution >= 4 is 11.6 Å². The molecular formula is C14H23N5O2. The van der Waals surface area contributed by atoms with Crippen molar-refractivity contribution in [3.63, 3.8) is 0 Å². The maximum Gasteiger partial charge on any atom is 0.239 e. The van der Waals surface area contributed by atoms with Crippen LogP contribution in [0.3, 0.4) is 0 Å². The van der Waals surface area contributed by atoms with Gasteiger partial charge in [-0.1, -0.05) is 6.92 Å². The molecule has 1 aliphatic heterocycles. The van der Waals surface area contributed by atoms with Crippen LogP contribution in [0.1, 0.15) is 19.0 Å². The second-order valence-corrected chi connectivity index (χ2v) is 5.03. The highest BCUT2D eigenvalue weighted by Gasteiger charge is 2.29. The van der Waals surface area contributed by atoms with Gasteiger partial charge in [-0.15, -0.1) is 0 Å². The fourth-order valence-corrected chi connectivity index (χ4v) is 2.30. The van der Waals surface area contributed by atoms with E-state index in [2.05, 4.69) is 20.6 Å². The number of nitrogens with one attached hydrogen (secondary N) is 2. The Hall–Kier alpha value is -1.70. The van der Waals surface area contributed by atoms with E-state index in [-0.39, 0.29) is 11.9 Å². The van der Waals surface area contributed by atoms with Crippen LogP contribution in [0.5, 0.6) is 0 Å². The Labute approximate surface area is 124 Å². The molecule has 0 bridgehead atoms. The number of nitrogens with two attached hydrogens (primary N) is 1. The normalized spacial score (nSPS) is 19.2. The highest BCUT2D eigenvalue weighted by Crippen LogP contribution is 2.14. The summed E-state index contributed by atoms with van der Waals surface area (Å²) in [4.78, 5) is 18.6. The molecular weight excluding hydrogens is 270 g/mol. The molecule has 0 aromatic carbocycles. The molecule has 7 nitrogen and oxygen atoms in total. The number of carbonyl (C=O) groups excluding carboxylic acids is 1. The fraction of sp³-hybridized carbons (Fsp3) is 0.571. The predicted molar refractivity (Wildman–Crippen MR) is 80.4 cm³/mol. The van der Waals surface area contributed by atoms with Crippen LogP contribution in [0, 0.1) is 0 Å². The summed E-state index contributed by atoms with van der Waals surface area (Å²) in [6.45, 7) is 5.09. The van der Waals surface area contributed by atoms with Crippen molar-refractivity contribution in [3.8, 4) is 0 Å². The number of morpholine rings is 1. The Morgan fingerprint density at radius 1 is 1.62 bits per heavy atom. The monoisotopic (exact) mass is 293 g/mol. The molecule has 1 atom stereocenters. The summed E-state index contributed by atoms with van der Waals surface area (Å²) in [5, 5.41) is 2.93. The van der Waals surface area contributed by atoms with Crippen molar-refractivity contribution in [2.24, 2.45) is 5.84 Å². The van der Waals surface area contributed by atoms with Gasteiger partial charge in [-0.2, -0.15) is 0 Å². The first-order chi connectivity index (χ1) is 10.2. The third kappa shape index (κ3) is 4.38. The van der Waals surface area contributed by atoms with Gasteiger partial charge in [-0.05, 0) is 18.6 Å². The molecule has 2 heterocycles. The van der Waals surface area contributed by atoms with Crippen LogP contribution >= 0.6 is 0 Å². The highest BCUT2D eigenvalue weighted by atomic mass is 16.5. The summed E-state index contributed by atoms with van der Waals surface area (Å²) in [6.07, 6.45) is 2.63. The SMILES string of the molecule is CCCNC(=O)C1COCCN1Cc1cc(NN)ccn1. The standard InChI is InChI=1S/C14H23N5O2/c1-2-4-17-14(20)13-10-21-7-6-19(13)9-12-8-11(18-15)3-5-16-12/h3,5,8,13H,2,4,6-7,9-10,15H2,1H3,(H,16,18)(H,17,20). The van der Waals surface area contributed by atoms with Gasteiger partial charge in [0.1, 0.15) is 6.04 Å². The number of hydrogen-bond acceptors (Lipinski definition) is 6. The lowest BCUT2D eigenvalue weighted by Gasteiger charge is -2.34. The van der Waals surface area contributed by atoms with Crippen LogP contribution in [0.15, 0.2) is 18.3 Å². The van der Waals surface area contributed by atoms with Gasteiger partial charge in [0.2, 0.25) is 5.91 Å². The minimum absolute atomic E-state index is 0.0182. The molecule has 0 aliphatic carbocycles. The molecule has 1 aromatic heterocycles. The molecule has 1 fully saturated rings. The summed E-state index contributed by atoms with van der Waals surface area (Å²) in [5.41, 5.74) is 4.29. The van der Waals surface area contributed by atoms with E-state index < -0.39 is 0 Å². The van der Waals surface area contributed by atoms with Gasteiger partial charge in [0.05, 0.1) is 24.6 Å². The van der Waals surface area contributed by atoms with Crippen LogP contribution in [-0.2, 0) is 16.1 Å². The molecule has 7 heteroatoms. The number of anilines is 1. The zero-order valence-corrected chi connectivity index (χ0v) is 12.3. The maximum atomic E-state index is 12.2. The van der Waals surface area contributed by atoms with Gasteiger partial charge in [-0.3, -0.25) is 20.5 Å². The van der Waals surface area contributed by atoms with E-state index in [0.29, 0.717) is 32.8 Å². The number of hydrogen-bond donors (Lipinski definition) is 3. The summed E-state index contributed by atoms with van der Waals surface area (Å²) >= 11 is 0. The molecule has 116 valence electrons. The molecule has 21 heavy (non-hydrogen) atoms. The van der Waals surface area contributed by atoms with Crippen molar-refractivity contribution in [3.05, 3.63) is 24.0 Å². The van der Waals surface area contributed by atoms with Gasteiger partial charge in [-0.25, -0.2) is 0 Å². The Bertz CT molecular complexity index is 468. The van der Waals surface area contributed by atoms with E-state index in [1.165, 1.54) is 0 Å². The smallest absolute Gasteiger partial charge is 0.239 e. The van der Waals surface area contributed by atoms with E-state index in [1.807, 2.05) is 13.0 Å². The molecule has 4 N–H and O–H groups in total. The minimum atomic E-state index is -0.262. The number of rotatable bonds is 6. The van der Waals surface area contributed by atoms with Gasteiger partial charge in [0.15, 0.2) is 0 Å². The topological polar surface area (TPSA) is 92.5 Å². The highest BCUT2D eigenvalue weighted by molar-refractivity contribution is 5.82. The number of aromatic nitrogens is 1. The number of hydrazine groups is 1. The summed E-state index contributed by atoms with van der Waals surface area (Å²) in [5.74, 6) is 5.42. The third-order valence-electron chi connectivity index (χ3n) is 3.44. The van der Waals surface area contributed by atoms with Crippen molar-refractivity contribution in [2.45, 2.75) is 25.9 Å². The van der Waals surface area contributed by atoms with Gasteiger partial charge in [0.25, 0.3) is 0 Å². The number of pyridine rings is 1. The molecule has 0 saturated carbocycles. The minimum Gasteiger partial charge on any atom is -0.378 e. The third-order valence-corrected chi connectivity index (χ3v) is 3.44. The first kappa shape index (κ1) is 15.7. The Balaban J connectivity index is 2.02. The van der Waals surface area contributed by atoms with E-state index >= 15 is 0 Å². The largest absolute Gasteiger partial charge is 0.378 e. The second-order valence-electron chi connectivity index (χ2n) is 5.03. The molecule has 0 radical (unpaired) electrons. The summed E-state index contributed by atoms with van der Waals surface area (Å²) < 4.78 is 5.44. The van der Waals surface area contributed by atoms with E-state index in [4.69, 9.17) is 10.6 Å². The van der Waals surface area contributed by atoms with Gasteiger partial charge in [0, 0.05) is 25.8 Å². The fourth-order valence-electron chi connectivity index (χ4n) is 2.30. The zero-order valence-electron chi connectivity index (χ0n) is 12.3. The quantitative estimate of drug-likeness (QED) is 0.509. The van der Waals surface area contributed by atoms with E-state index in [9.17, 15) is 4.79 Å². The van der Waals surface area contributed by atoms with Crippen LogP contribution in [0.4, 0.5) is 5.69 Å². The van der Waals surface area contributed by atoms with Crippen LogP contribution in [0.25, 0.3) is 0 Å². The van der Waals surface area contributed by atoms with Gasteiger partial charge >= 0.3 is 0 Å². The van der Waals surface area contributed by atoms with Crippen LogP contribution in [0.2, 0.25) is 0 Å². The Morgan fingerprint density at radius 2 is 2.48 bits per heavy atom. The van der Waals surface area contributed by atoms with Gasteiger partial charge < -0.3 is 15.5 Å². The number of ether oxygens (including phenoxy) is 1. The van der Waals surface area contributed by atoms with Crippen molar-refractivity contribution in [1.29, 1.82) is 0 Å². The second kappa shape index (κ2) is 7.92. The van der Waals surface area contributed by atoms with Crippen LogP contribution < -0.4 is 16.6 Å². The lowest BCUT2D eigenvalue weighted by molar-refractivity contribution is -0.133. The predicted octanol–water partition coefficient (Wildman–Crippen LogP) is 0.0942. The first-order valence-electron chi connectivity index (χ1n) is 7.25. The number of amides is 1. The summed E-state index contributed by atoms with van der Waals surface area (Å²) in [6, 6.07) is 3.42. The molecule has 1 unspecified atom stereocenters. The number of nitrogen functional groups attached to an aromatic ring is 1. The average molecular weight is 293 g/mol. The van der Waals surface area contributed by atoms with Crippen molar-refractivity contribution in [1.82, 2.24) is 15.2 Å². The lowest BCUT2D eigenvalue weighted by Crippen LogP contribution is -2.53. The summed E-state index contributed by atoms with van der Waals surface area (Å²) in [7, 11) is 0. The molecule has 2 rings (SSSR count). The molecule has 1 aromatic rings. The zero-order chi connectivity index (χ0) is 15.1. The maximum absolute atomic E-state index is 12.2. The van der Waals surface area contributed by atoms with E-state index in [0.717, 1.165) is 17.8 Å². The molecule has 1 aliphatic rings. The lowest BCUT2D eigenvalue weighted by atomic mass is 10.2. The number of nitrogens with zero attached hydrogens (tertiary/aromatic N) is 2. The molecule has 1 amide bonds. The van der Waals surface area contributed by atoms with E-state index in [1.54, 1.807) is 12.3 Å². The van der Waals surface area contributed by atoms with Crippen LogP contribution in [-0.4, -0.2) is 48.1 Å². The van der Waals surface area contributed by atoms with Crippen molar-refractivity contribution < 1.29 is 9.53 Å². The van der Waals surface area contributed by atoms with Crippen molar-refractivity contribution in [2.75, 3.05) is 31.7 Å². The molecule has 0 spiro atoms.